The normalized spacial score (nSPS) is 32.6. The zero-order valence-corrected chi connectivity index (χ0v) is 10.0. The molecule has 2 fully saturated rings. The van der Waals surface area contributed by atoms with Crippen LogP contribution in [0.1, 0.15) is 47.9 Å². The zero-order valence-electron chi connectivity index (χ0n) is 10.0. The summed E-state index contributed by atoms with van der Waals surface area (Å²) >= 11 is 0. The molecule has 2 atom stereocenters. The molecule has 2 unspecified atom stereocenters. The van der Waals surface area contributed by atoms with Crippen molar-refractivity contribution in [1.29, 1.82) is 0 Å². The van der Waals surface area contributed by atoms with Crippen molar-refractivity contribution in [3.63, 3.8) is 0 Å². The van der Waals surface area contributed by atoms with Gasteiger partial charge in [-0.1, -0.05) is 0 Å². The monoisotopic (exact) mass is 231 g/mol. The number of carbonyl (C=O) groups excluding carboxylic acids is 1. The smallest absolute Gasteiger partial charge is 0.168 e. The summed E-state index contributed by atoms with van der Waals surface area (Å²) < 4.78 is 0. The number of carbonyl (C=O) groups is 1. The third-order valence-corrected chi connectivity index (χ3v) is 4.28. The molecule has 0 aliphatic carbocycles. The van der Waals surface area contributed by atoms with Gasteiger partial charge in [-0.25, -0.2) is 9.97 Å². The maximum atomic E-state index is 10.7. The van der Waals surface area contributed by atoms with Gasteiger partial charge in [-0.15, -0.1) is 0 Å². The SMILES string of the molecule is CN1C2CCC1CC(c1nccc(C=O)n1)C2. The number of rotatable bonds is 2. The molecule has 2 aliphatic rings. The van der Waals surface area contributed by atoms with Crippen molar-refractivity contribution < 1.29 is 4.79 Å². The molecule has 4 heteroatoms. The highest BCUT2D eigenvalue weighted by atomic mass is 16.1. The third-order valence-electron chi connectivity index (χ3n) is 4.28. The average molecular weight is 231 g/mol. The summed E-state index contributed by atoms with van der Waals surface area (Å²) in [5.41, 5.74) is 0.501. The Labute approximate surface area is 101 Å². The van der Waals surface area contributed by atoms with Crippen molar-refractivity contribution in [1.82, 2.24) is 14.9 Å². The number of aromatic nitrogens is 2. The first-order valence-corrected chi connectivity index (χ1v) is 6.28. The maximum Gasteiger partial charge on any atom is 0.168 e. The van der Waals surface area contributed by atoms with Gasteiger partial charge in [-0.2, -0.15) is 0 Å². The van der Waals surface area contributed by atoms with Gasteiger partial charge in [0.05, 0.1) is 0 Å². The van der Waals surface area contributed by atoms with Gasteiger partial charge in [0.25, 0.3) is 0 Å². The number of fused-ring (bicyclic) bond motifs is 2. The van der Waals surface area contributed by atoms with Crippen LogP contribution < -0.4 is 0 Å². The molecule has 3 rings (SSSR count). The molecule has 2 bridgehead atoms. The van der Waals surface area contributed by atoms with E-state index < -0.39 is 0 Å². The number of hydrogen-bond donors (Lipinski definition) is 0. The van der Waals surface area contributed by atoms with Crippen molar-refractivity contribution in [2.45, 2.75) is 43.7 Å². The first-order valence-electron chi connectivity index (χ1n) is 6.28. The molecule has 0 aromatic carbocycles. The summed E-state index contributed by atoms with van der Waals surface area (Å²) in [6.07, 6.45) is 7.36. The molecule has 2 saturated heterocycles. The number of piperidine rings is 1. The number of hydrogen-bond acceptors (Lipinski definition) is 4. The molecule has 2 aliphatic heterocycles. The van der Waals surface area contributed by atoms with Crippen LogP contribution in [0, 0.1) is 0 Å². The molecule has 0 saturated carbocycles. The predicted octanol–water partition coefficient (Wildman–Crippen LogP) is 1.63. The van der Waals surface area contributed by atoms with Crippen molar-refractivity contribution >= 4 is 6.29 Å². The van der Waals surface area contributed by atoms with Crippen molar-refractivity contribution in [2.75, 3.05) is 7.05 Å². The van der Waals surface area contributed by atoms with Crippen LogP contribution in [0.15, 0.2) is 12.3 Å². The second-order valence-corrected chi connectivity index (χ2v) is 5.18. The van der Waals surface area contributed by atoms with Crippen LogP contribution >= 0.6 is 0 Å². The topological polar surface area (TPSA) is 46.1 Å². The van der Waals surface area contributed by atoms with E-state index >= 15 is 0 Å². The Morgan fingerprint density at radius 3 is 2.71 bits per heavy atom. The fourth-order valence-corrected chi connectivity index (χ4v) is 3.27. The Morgan fingerprint density at radius 2 is 2.06 bits per heavy atom. The van der Waals surface area contributed by atoms with E-state index in [1.54, 1.807) is 12.3 Å². The lowest BCUT2D eigenvalue weighted by atomic mass is 9.90. The summed E-state index contributed by atoms with van der Waals surface area (Å²) in [7, 11) is 2.22. The average Bonchev–Trinajstić information content (AvgIpc) is 2.61. The fraction of sp³-hybridized carbons (Fsp3) is 0.615. The Morgan fingerprint density at radius 1 is 1.35 bits per heavy atom. The van der Waals surface area contributed by atoms with Crippen LogP contribution in [-0.2, 0) is 0 Å². The van der Waals surface area contributed by atoms with Crippen LogP contribution in [0.4, 0.5) is 0 Å². The van der Waals surface area contributed by atoms with E-state index in [1.165, 1.54) is 12.8 Å². The van der Waals surface area contributed by atoms with Crippen molar-refractivity contribution in [3.05, 3.63) is 23.8 Å². The molecule has 1 aromatic rings. The molecule has 0 N–H and O–H groups in total. The van der Waals surface area contributed by atoms with Gasteiger partial charge in [-0.3, -0.25) is 4.79 Å². The van der Waals surface area contributed by atoms with Crippen molar-refractivity contribution in [2.24, 2.45) is 0 Å². The molecule has 0 amide bonds. The minimum absolute atomic E-state index is 0.434. The van der Waals surface area contributed by atoms with Crippen LogP contribution in [0.25, 0.3) is 0 Å². The lowest BCUT2D eigenvalue weighted by Gasteiger charge is -2.35. The molecule has 90 valence electrons. The highest BCUT2D eigenvalue weighted by Gasteiger charge is 2.39. The first kappa shape index (κ1) is 10.8. The van der Waals surface area contributed by atoms with E-state index in [0.29, 0.717) is 23.7 Å². The van der Waals surface area contributed by atoms with Gasteiger partial charge in [0.1, 0.15) is 11.5 Å². The van der Waals surface area contributed by atoms with Gasteiger partial charge >= 0.3 is 0 Å². The standard InChI is InChI=1S/C13H17N3O/c1-16-11-2-3-12(16)7-9(6-11)13-14-5-4-10(8-17)15-13/h4-5,8-9,11-12H,2-3,6-7H2,1H3. The number of nitrogens with zero attached hydrogens (tertiary/aromatic N) is 3. The van der Waals surface area contributed by atoms with E-state index in [1.807, 2.05) is 0 Å². The summed E-state index contributed by atoms with van der Waals surface area (Å²) in [5, 5.41) is 0. The predicted molar refractivity (Wildman–Crippen MR) is 64.0 cm³/mol. The summed E-state index contributed by atoms with van der Waals surface area (Å²) in [5.74, 6) is 1.29. The molecule has 0 radical (unpaired) electrons. The van der Waals surface area contributed by atoms with E-state index in [0.717, 1.165) is 25.0 Å². The van der Waals surface area contributed by atoms with Gasteiger partial charge in [0.2, 0.25) is 0 Å². The largest absolute Gasteiger partial charge is 0.300 e. The molecular formula is C13H17N3O. The lowest BCUT2D eigenvalue weighted by Crippen LogP contribution is -2.39. The minimum Gasteiger partial charge on any atom is -0.300 e. The van der Waals surface area contributed by atoms with Crippen LogP contribution in [0.2, 0.25) is 0 Å². The fourth-order valence-electron chi connectivity index (χ4n) is 3.27. The zero-order chi connectivity index (χ0) is 11.8. The summed E-state index contributed by atoms with van der Waals surface area (Å²) in [6, 6.07) is 3.03. The summed E-state index contributed by atoms with van der Waals surface area (Å²) in [4.78, 5) is 21.9. The lowest BCUT2D eigenvalue weighted by molar-refractivity contribution is 0.111. The van der Waals surface area contributed by atoms with Gasteiger partial charge in [0, 0.05) is 24.2 Å². The Hall–Kier alpha value is -1.29. The third kappa shape index (κ3) is 1.86. The highest BCUT2D eigenvalue weighted by molar-refractivity contribution is 5.71. The van der Waals surface area contributed by atoms with E-state index in [-0.39, 0.29) is 0 Å². The Balaban J connectivity index is 1.83. The Bertz CT molecular complexity index is 420. The Kier molecular flexibility index (Phi) is 2.67. The maximum absolute atomic E-state index is 10.7. The van der Waals surface area contributed by atoms with Gasteiger partial charge in [0.15, 0.2) is 6.29 Å². The number of aldehydes is 1. The second kappa shape index (κ2) is 4.18. The van der Waals surface area contributed by atoms with Crippen molar-refractivity contribution in [3.8, 4) is 0 Å². The minimum atomic E-state index is 0.434. The highest BCUT2D eigenvalue weighted by Crippen LogP contribution is 2.40. The van der Waals surface area contributed by atoms with Gasteiger partial charge < -0.3 is 4.90 Å². The van der Waals surface area contributed by atoms with Gasteiger partial charge in [-0.05, 0) is 38.8 Å². The molecule has 17 heavy (non-hydrogen) atoms. The van der Waals surface area contributed by atoms with Crippen LogP contribution in [0.5, 0.6) is 0 Å². The molecular weight excluding hydrogens is 214 g/mol. The van der Waals surface area contributed by atoms with Crippen LogP contribution in [0.3, 0.4) is 0 Å². The van der Waals surface area contributed by atoms with E-state index in [4.69, 9.17) is 0 Å². The molecule has 3 heterocycles. The quantitative estimate of drug-likeness (QED) is 0.726. The molecule has 1 aromatic heterocycles. The second-order valence-electron chi connectivity index (χ2n) is 5.18. The van der Waals surface area contributed by atoms with E-state index in [9.17, 15) is 4.79 Å². The van der Waals surface area contributed by atoms with E-state index in [2.05, 4.69) is 21.9 Å². The van der Waals surface area contributed by atoms with Crippen LogP contribution in [-0.4, -0.2) is 40.3 Å². The molecule has 0 spiro atoms. The first-order chi connectivity index (χ1) is 8.28. The molecule has 4 nitrogen and oxygen atoms in total. The summed E-state index contributed by atoms with van der Waals surface area (Å²) in [6.45, 7) is 0.